The van der Waals surface area contributed by atoms with E-state index in [0.29, 0.717) is 23.2 Å². The maximum absolute atomic E-state index is 13.4. The van der Waals surface area contributed by atoms with Gasteiger partial charge in [0.2, 0.25) is 11.9 Å². The van der Waals surface area contributed by atoms with E-state index >= 15 is 0 Å². The Labute approximate surface area is 160 Å². The summed E-state index contributed by atoms with van der Waals surface area (Å²) in [5.74, 6) is 1.18. The van der Waals surface area contributed by atoms with Crippen LogP contribution in [0.5, 0.6) is 5.75 Å². The van der Waals surface area contributed by atoms with Gasteiger partial charge in [0.15, 0.2) is 6.17 Å². The number of ether oxygens (including phenoxy) is 1. The van der Waals surface area contributed by atoms with Crippen LogP contribution in [-0.4, -0.2) is 22.6 Å². The second-order valence-electron chi connectivity index (χ2n) is 6.31. The highest BCUT2D eigenvalue weighted by molar-refractivity contribution is 6.03. The molecule has 0 aliphatic carbocycles. The molecular weight excluding hydrogens is 361 g/mol. The van der Waals surface area contributed by atoms with Gasteiger partial charge >= 0.3 is 0 Å². The van der Waals surface area contributed by atoms with Crippen LogP contribution in [0.4, 0.5) is 16.0 Å². The second kappa shape index (κ2) is 7.15. The summed E-state index contributed by atoms with van der Waals surface area (Å²) in [4.78, 5) is 21.6. The monoisotopic (exact) mass is 379 g/mol. The van der Waals surface area contributed by atoms with Gasteiger partial charge in [-0.3, -0.25) is 14.7 Å². The number of nitrogens with one attached hydrogen (secondary N) is 2. The van der Waals surface area contributed by atoms with Crippen molar-refractivity contribution in [2.24, 2.45) is 4.99 Å². The number of nitrogens with zero attached hydrogens (tertiary/aromatic N) is 3. The van der Waals surface area contributed by atoms with Crippen molar-refractivity contribution in [2.45, 2.75) is 13.1 Å². The first-order valence-corrected chi connectivity index (χ1v) is 8.65. The molecule has 0 spiro atoms. The van der Waals surface area contributed by atoms with Crippen LogP contribution in [0.25, 0.3) is 0 Å². The Balaban J connectivity index is 1.75. The Morgan fingerprint density at radius 3 is 2.54 bits per heavy atom. The minimum atomic E-state index is -0.668. The molecule has 1 aliphatic rings. The average molecular weight is 379 g/mol. The lowest BCUT2D eigenvalue weighted by atomic mass is 10.1. The first-order valence-electron chi connectivity index (χ1n) is 8.65. The third-order valence-corrected chi connectivity index (χ3v) is 4.33. The first-order chi connectivity index (χ1) is 13.5. The predicted molar refractivity (Wildman–Crippen MR) is 105 cm³/mol. The molecule has 0 fully saturated rings. The summed E-state index contributed by atoms with van der Waals surface area (Å²) in [5, 5.41) is 6.23. The number of aromatic nitrogens is 2. The van der Waals surface area contributed by atoms with Crippen LogP contribution in [0.15, 0.2) is 64.4 Å². The molecule has 0 amide bonds. The molecule has 8 heteroatoms. The molecule has 0 saturated carbocycles. The third kappa shape index (κ3) is 3.44. The summed E-state index contributed by atoms with van der Waals surface area (Å²) < 4.78 is 20.0. The smallest absolute Gasteiger partial charge is 0.257 e. The van der Waals surface area contributed by atoms with Crippen LogP contribution in [0.2, 0.25) is 0 Å². The highest BCUT2D eigenvalue weighted by atomic mass is 19.1. The Morgan fingerprint density at radius 2 is 1.86 bits per heavy atom. The average Bonchev–Trinajstić information content (AvgIpc) is 2.68. The van der Waals surface area contributed by atoms with Crippen LogP contribution in [0, 0.1) is 12.7 Å². The SMILES string of the molecule is COc1ccc(NC2=NC(c3ccc(F)cc3)n3c(nc(C)cc3=O)N2)cc1. The molecule has 3 aromatic rings. The molecule has 0 saturated heterocycles. The summed E-state index contributed by atoms with van der Waals surface area (Å²) in [6, 6.07) is 14.7. The molecule has 2 N–H and O–H groups in total. The van der Waals surface area contributed by atoms with E-state index in [1.807, 2.05) is 24.3 Å². The minimum absolute atomic E-state index is 0.239. The zero-order valence-electron chi connectivity index (χ0n) is 15.3. The van der Waals surface area contributed by atoms with Crippen molar-refractivity contribution in [3.63, 3.8) is 0 Å². The van der Waals surface area contributed by atoms with Crippen molar-refractivity contribution in [3.05, 3.63) is 82.0 Å². The van der Waals surface area contributed by atoms with Crippen molar-refractivity contribution >= 4 is 17.6 Å². The molecule has 1 aliphatic heterocycles. The van der Waals surface area contributed by atoms with Crippen LogP contribution < -0.4 is 20.9 Å². The Bertz CT molecular complexity index is 1090. The van der Waals surface area contributed by atoms with Crippen molar-refractivity contribution in [2.75, 3.05) is 17.7 Å². The van der Waals surface area contributed by atoms with Gasteiger partial charge in [0.25, 0.3) is 5.56 Å². The van der Waals surface area contributed by atoms with Crippen LogP contribution in [-0.2, 0) is 0 Å². The van der Waals surface area contributed by atoms with E-state index in [1.165, 1.54) is 22.8 Å². The number of methoxy groups -OCH3 is 1. The molecule has 7 nitrogen and oxygen atoms in total. The van der Waals surface area contributed by atoms with Crippen LogP contribution in [0.3, 0.4) is 0 Å². The molecule has 1 atom stereocenters. The van der Waals surface area contributed by atoms with Gasteiger partial charge in [-0.15, -0.1) is 0 Å². The fourth-order valence-corrected chi connectivity index (χ4v) is 2.98. The first kappa shape index (κ1) is 17.7. The van der Waals surface area contributed by atoms with Crippen molar-refractivity contribution in [3.8, 4) is 5.75 Å². The number of hydrogen-bond acceptors (Lipinski definition) is 6. The summed E-state index contributed by atoms with van der Waals surface area (Å²) in [6.07, 6.45) is -0.668. The van der Waals surface area contributed by atoms with E-state index < -0.39 is 6.17 Å². The molecule has 2 heterocycles. The van der Waals surface area contributed by atoms with Crippen molar-refractivity contribution in [1.29, 1.82) is 0 Å². The second-order valence-corrected chi connectivity index (χ2v) is 6.31. The van der Waals surface area contributed by atoms with Gasteiger partial charge in [-0.05, 0) is 48.9 Å². The highest BCUT2D eigenvalue weighted by Gasteiger charge is 2.25. The normalized spacial score (nSPS) is 15.2. The lowest BCUT2D eigenvalue weighted by molar-refractivity contribution is 0.415. The van der Waals surface area contributed by atoms with E-state index in [4.69, 9.17) is 4.74 Å². The number of anilines is 2. The topological polar surface area (TPSA) is 80.5 Å². The van der Waals surface area contributed by atoms with E-state index in [-0.39, 0.29) is 11.4 Å². The van der Waals surface area contributed by atoms with Crippen LogP contribution in [0.1, 0.15) is 17.4 Å². The molecule has 1 unspecified atom stereocenters. The molecule has 0 bridgehead atoms. The number of hydrogen-bond donors (Lipinski definition) is 2. The van der Waals surface area contributed by atoms with Gasteiger partial charge in [0.1, 0.15) is 11.6 Å². The molecular formula is C20H18FN5O2. The number of guanidine groups is 1. The summed E-state index contributed by atoms with van der Waals surface area (Å²) in [7, 11) is 1.60. The number of halogens is 1. The quantitative estimate of drug-likeness (QED) is 0.731. The number of benzene rings is 2. The summed E-state index contributed by atoms with van der Waals surface area (Å²) >= 11 is 0. The molecule has 0 radical (unpaired) electrons. The van der Waals surface area contributed by atoms with Gasteiger partial charge in [-0.1, -0.05) is 12.1 Å². The summed E-state index contributed by atoms with van der Waals surface area (Å²) in [5.41, 5.74) is 1.81. The molecule has 1 aromatic heterocycles. The molecule has 4 rings (SSSR count). The van der Waals surface area contributed by atoms with Crippen molar-refractivity contribution in [1.82, 2.24) is 9.55 Å². The Kier molecular flexibility index (Phi) is 4.52. The van der Waals surface area contributed by atoms with Crippen molar-refractivity contribution < 1.29 is 9.13 Å². The zero-order valence-corrected chi connectivity index (χ0v) is 15.3. The van der Waals surface area contributed by atoms with Gasteiger partial charge < -0.3 is 10.1 Å². The fraction of sp³-hybridized carbons (Fsp3) is 0.150. The van der Waals surface area contributed by atoms with Crippen LogP contribution >= 0.6 is 0 Å². The van der Waals surface area contributed by atoms with Gasteiger partial charge in [0, 0.05) is 17.4 Å². The summed E-state index contributed by atoms with van der Waals surface area (Å²) in [6.45, 7) is 1.75. The predicted octanol–water partition coefficient (Wildman–Crippen LogP) is 3.14. The van der Waals surface area contributed by atoms with Gasteiger partial charge in [0.05, 0.1) is 7.11 Å². The van der Waals surface area contributed by atoms with E-state index in [2.05, 4.69) is 20.6 Å². The third-order valence-electron chi connectivity index (χ3n) is 4.33. The largest absolute Gasteiger partial charge is 0.497 e. The number of fused-ring (bicyclic) bond motifs is 1. The van der Waals surface area contributed by atoms with E-state index in [0.717, 1.165) is 11.4 Å². The van der Waals surface area contributed by atoms with Gasteiger partial charge in [-0.2, -0.15) is 0 Å². The molecule has 142 valence electrons. The van der Waals surface area contributed by atoms with Gasteiger partial charge in [-0.25, -0.2) is 14.4 Å². The lowest BCUT2D eigenvalue weighted by Gasteiger charge is -2.27. The lowest BCUT2D eigenvalue weighted by Crippen LogP contribution is -2.37. The zero-order chi connectivity index (χ0) is 19.7. The molecule has 28 heavy (non-hydrogen) atoms. The number of rotatable bonds is 3. The minimum Gasteiger partial charge on any atom is -0.497 e. The van der Waals surface area contributed by atoms with E-state index in [1.54, 1.807) is 26.2 Å². The fourth-order valence-electron chi connectivity index (χ4n) is 2.98. The highest BCUT2D eigenvalue weighted by Crippen LogP contribution is 2.26. The Hall–Kier alpha value is -3.68. The standard InChI is InChI=1S/C20H18FN5O2/c1-12-11-17(27)26-18(13-3-5-14(21)6-4-13)24-19(25-20(26)22-12)23-15-7-9-16(28-2)10-8-15/h3-11,18H,1-2H3,(H2,22,23,24,25). The molecule has 2 aromatic carbocycles. The number of aliphatic imine (C=N–C) groups is 1. The maximum Gasteiger partial charge on any atom is 0.257 e. The number of aryl methyl sites for hydroxylation is 1. The Morgan fingerprint density at radius 1 is 1.14 bits per heavy atom. The maximum atomic E-state index is 13.4. The van der Waals surface area contributed by atoms with E-state index in [9.17, 15) is 9.18 Å².